The zero-order valence-corrected chi connectivity index (χ0v) is 17.5. The van der Waals surface area contributed by atoms with E-state index in [9.17, 15) is 0 Å². The number of aliphatic imine (C=N–C) groups is 1. The van der Waals surface area contributed by atoms with Gasteiger partial charge in [-0.05, 0) is 51.2 Å². The van der Waals surface area contributed by atoms with Crippen LogP contribution < -0.4 is 20.5 Å². The Bertz CT molecular complexity index is 536. The molecule has 6 nitrogen and oxygen atoms in total. The standard InChI is InChI=1S/C18H29N3O3.HI/c1-3-23-15-8-9-17(24-4-2)16(12-15)21-18(19)20-10-5-11-22-13-14-6-7-14;/h8-9,12,14H,3-7,10-11,13H2,1-2H3,(H3,19,20,21);1H. The fraction of sp³-hybridized carbons (Fsp3) is 0.611. The zero-order chi connectivity index (χ0) is 17.2. The lowest BCUT2D eigenvalue weighted by Gasteiger charge is -2.14. The van der Waals surface area contributed by atoms with Crippen molar-refractivity contribution in [2.45, 2.75) is 33.1 Å². The molecule has 1 aliphatic carbocycles. The summed E-state index contributed by atoms with van der Waals surface area (Å²) in [7, 11) is 0. The maximum Gasteiger partial charge on any atom is 0.193 e. The fourth-order valence-electron chi connectivity index (χ4n) is 2.22. The van der Waals surface area contributed by atoms with Crippen LogP contribution in [-0.4, -0.2) is 38.9 Å². The van der Waals surface area contributed by atoms with Crippen LogP contribution in [0.3, 0.4) is 0 Å². The third-order valence-electron chi connectivity index (χ3n) is 3.60. The molecule has 25 heavy (non-hydrogen) atoms. The highest BCUT2D eigenvalue weighted by Crippen LogP contribution is 2.29. The summed E-state index contributed by atoms with van der Waals surface area (Å²) in [6.45, 7) is 7.34. The van der Waals surface area contributed by atoms with E-state index in [4.69, 9.17) is 19.9 Å². The molecule has 0 radical (unpaired) electrons. The lowest BCUT2D eigenvalue weighted by molar-refractivity contribution is 0.123. The van der Waals surface area contributed by atoms with Gasteiger partial charge in [-0.2, -0.15) is 0 Å². The highest BCUT2D eigenvalue weighted by atomic mass is 127. The molecule has 0 amide bonds. The number of nitrogens with one attached hydrogen (secondary N) is 1. The number of anilines is 1. The van der Waals surface area contributed by atoms with Gasteiger partial charge in [0.1, 0.15) is 11.5 Å². The summed E-state index contributed by atoms with van der Waals surface area (Å²) >= 11 is 0. The maximum absolute atomic E-state index is 5.97. The van der Waals surface area contributed by atoms with Gasteiger partial charge < -0.3 is 25.3 Å². The van der Waals surface area contributed by atoms with Crippen molar-refractivity contribution in [3.05, 3.63) is 18.2 Å². The van der Waals surface area contributed by atoms with E-state index in [2.05, 4.69) is 10.3 Å². The zero-order valence-electron chi connectivity index (χ0n) is 15.1. The largest absolute Gasteiger partial charge is 0.494 e. The number of nitrogens with zero attached hydrogens (tertiary/aromatic N) is 1. The molecule has 0 unspecified atom stereocenters. The predicted molar refractivity (Wildman–Crippen MR) is 112 cm³/mol. The smallest absolute Gasteiger partial charge is 0.193 e. The van der Waals surface area contributed by atoms with Crippen molar-refractivity contribution in [1.29, 1.82) is 0 Å². The first kappa shape index (κ1) is 21.8. The Balaban J connectivity index is 0.00000312. The first-order valence-corrected chi connectivity index (χ1v) is 8.77. The lowest BCUT2D eigenvalue weighted by Crippen LogP contribution is -2.23. The van der Waals surface area contributed by atoms with Gasteiger partial charge in [0.05, 0.1) is 18.9 Å². The van der Waals surface area contributed by atoms with Crippen LogP contribution >= 0.6 is 24.0 Å². The lowest BCUT2D eigenvalue weighted by atomic mass is 10.2. The molecule has 0 atom stereocenters. The Morgan fingerprint density at radius 1 is 1.24 bits per heavy atom. The van der Waals surface area contributed by atoms with E-state index >= 15 is 0 Å². The third kappa shape index (κ3) is 8.62. The number of nitrogens with two attached hydrogens (primary N) is 1. The van der Waals surface area contributed by atoms with E-state index in [0.717, 1.165) is 42.7 Å². The summed E-state index contributed by atoms with van der Waals surface area (Å²) in [6.07, 6.45) is 3.50. The highest BCUT2D eigenvalue weighted by molar-refractivity contribution is 14.0. The van der Waals surface area contributed by atoms with Crippen molar-refractivity contribution in [3.63, 3.8) is 0 Å². The van der Waals surface area contributed by atoms with Crippen molar-refractivity contribution in [1.82, 2.24) is 0 Å². The molecule has 0 heterocycles. The van der Waals surface area contributed by atoms with Crippen LogP contribution in [0.2, 0.25) is 0 Å². The van der Waals surface area contributed by atoms with Crippen LogP contribution in [-0.2, 0) is 4.74 Å². The molecule has 142 valence electrons. The van der Waals surface area contributed by atoms with Gasteiger partial charge in [0, 0.05) is 25.8 Å². The van der Waals surface area contributed by atoms with Crippen molar-refractivity contribution in [2.75, 3.05) is 38.3 Å². The van der Waals surface area contributed by atoms with Crippen LogP contribution in [0.1, 0.15) is 33.1 Å². The summed E-state index contributed by atoms with van der Waals surface area (Å²) in [5.41, 5.74) is 6.73. The second-order valence-corrected chi connectivity index (χ2v) is 5.79. The second kappa shape index (κ2) is 12.2. The van der Waals surface area contributed by atoms with Gasteiger partial charge in [0.25, 0.3) is 0 Å². The minimum Gasteiger partial charge on any atom is -0.494 e. The quantitative estimate of drug-likeness (QED) is 0.227. The highest BCUT2D eigenvalue weighted by Gasteiger charge is 2.20. The van der Waals surface area contributed by atoms with Crippen LogP contribution in [0, 0.1) is 5.92 Å². The van der Waals surface area contributed by atoms with E-state index in [1.807, 2.05) is 32.0 Å². The number of hydrogen-bond donors (Lipinski definition) is 2. The van der Waals surface area contributed by atoms with Gasteiger partial charge in [-0.25, -0.2) is 0 Å². The number of guanidine groups is 1. The average Bonchev–Trinajstić information content (AvgIpc) is 3.38. The van der Waals surface area contributed by atoms with Crippen LogP contribution in [0.25, 0.3) is 0 Å². The maximum atomic E-state index is 5.97. The third-order valence-corrected chi connectivity index (χ3v) is 3.60. The minimum absolute atomic E-state index is 0. The average molecular weight is 463 g/mol. The Morgan fingerprint density at radius 2 is 2.00 bits per heavy atom. The Morgan fingerprint density at radius 3 is 2.68 bits per heavy atom. The summed E-state index contributed by atoms with van der Waals surface area (Å²) < 4.78 is 16.7. The molecule has 1 saturated carbocycles. The molecule has 0 aliphatic heterocycles. The van der Waals surface area contributed by atoms with Crippen molar-refractivity contribution >= 4 is 35.6 Å². The molecule has 7 heteroatoms. The fourth-order valence-corrected chi connectivity index (χ4v) is 2.22. The first-order valence-electron chi connectivity index (χ1n) is 8.77. The minimum atomic E-state index is 0. The monoisotopic (exact) mass is 463 g/mol. The molecule has 1 aromatic carbocycles. The number of halogens is 1. The number of benzene rings is 1. The van der Waals surface area contributed by atoms with Crippen molar-refractivity contribution < 1.29 is 14.2 Å². The SMILES string of the molecule is CCOc1ccc(OCC)c(NC(N)=NCCCOCC2CC2)c1.I. The summed E-state index contributed by atoms with van der Waals surface area (Å²) in [5.74, 6) is 2.67. The molecular formula is C18H30IN3O3. The topological polar surface area (TPSA) is 78.1 Å². The molecule has 0 bridgehead atoms. The van der Waals surface area contributed by atoms with Gasteiger partial charge in [-0.3, -0.25) is 4.99 Å². The van der Waals surface area contributed by atoms with E-state index in [1.54, 1.807) is 0 Å². The van der Waals surface area contributed by atoms with Crippen LogP contribution in [0.4, 0.5) is 5.69 Å². The predicted octanol–water partition coefficient (Wildman–Crippen LogP) is 3.65. The van der Waals surface area contributed by atoms with E-state index in [1.165, 1.54) is 12.8 Å². The number of hydrogen-bond acceptors (Lipinski definition) is 4. The summed E-state index contributed by atoms with van der Waals surface area (Å²) in [6, 6.07) is 5.62. The molecule has 0 aromatic heterocycles. The first-order chi connectivity index (χ1) is 11.7. The normalized spacial score (nSPS) is 13.9. The Kier molecular flexibility index (Phi) is 10.6. The van der Waals surface area contributed by atoms with E-state index in [-0.39, 0.29) is 24.0 Å². The summed E-state index contributed by atoms with van der Waals surface area (Å²) in [5, 5.41) is 3.10. The number of ether oxygens (including phenoxy) is 3. The van der Waals surface area contributed by atoms with E-state index < -0.39 is 0 Å². The molecule has 0 saturated heterocycles. The molecule has 1 aromatic rings. The Hall–Kier alpha value is -1.22. The van der Waals surface area contributed by atoms with Gasteiger partial charge in [-0.1, -0.05) is 0 Å². The molecular weight excluding hydrogens is 433 g/mol. The van der Waals surface area contributed by atoms with E-state index in [0.29, 0.717) is 25.7 Å². The summed E-state index contributed by atoms with van der Waals surface area (Å²) in [4.78, 5) is 4.34. The van der Waals surface area contributed by atoms with Gasteiger partial charge in [0.15, 0.2) is 5.96 Å². The molecule has 2 rings (SSSR count). The second-order valence-electron chi connectivity index (χ2n) is 5.79. The van der Waals surface area contributed by atoms with Gasteiger partial charge in [-0.15, -0.1) is 24.0 Å². The van der Waals surface area contributed by atoms with Crippen LogP contribution in [0.5, 0.6) is 11.5 Å². The van der Waals surface area contributed by atoms with Crippen molar-refractivity contribution in [2.24, 2.45) is 16.6 Å². The molecule has 0 spiro atoms. The Labute approximate surface area is 167 Å². The van der Waals surface area contributed by atoms with Gasteiger partial charge >= 0.3 is 0 Å². The van der Waals surface area contributed by atoms with Gasteiger partial charge in [0.2, 0.25) is 0 Å². The molecule has 3 N–H and O–H groups in total. The van der Waals surface area contributed by atoms with Crippen LogP contribution in [0.15, 0.2) is 23.2 Å². The van der Waals surface area contributed by atoms with Crippen molar-refractivity contribution in [3.8, 4) is 11.5 Å². The molecule has 1 aliphatic rings. The molecule has 1 fully saturated rings. The number of rotatable bonds is 11.